The molecular formula is C14H23N3. The molecular weight excluding hydrogens is 210 g/mol. The second-order valence-corrected chi connectivity index (χ2v) is 4.98. The van der Waals surface area contributed by atoms with Crippen molar-refractivity contribution >= 4 is 5.82 Å². The minimum atomic E-state index is 0.581. The van der Waals surface area contributed by atoms with Crippen molar-refractivity contribution < 1.29 is 0 Å². The number of likely N-dealkylation sites (tertiary alicyclic amines) is 1. The van der Waals surface area contributed by atoms with Crippen molar-refractivity contribution in [1.29, 1.82) is 0 Å². The SMILES string of the molecule is CCN1CCCC[C@H]1c1ccc(N(C)C)nc1. The van der Waals surface area contributed by atoms with Crippen molar-refractivity contribution in [1.82, 2.24) is 9.88 Å². The van der Waals surface area contributed by atoms with Crippen molar-refractivity contribution in [3.8, 4) is 0 Å². The van der Waals surface area contributed by atoms with Gasteiger partial charge in [0.15, 0.2) is 0 Å². The number of pyridine rings is 1. The largest absolute Gasteiger partial charge is 0.363 e. The molecule has 2 rings (SSSR count). The van der Waals surface area contributed by atoms with Gasteiger partial charge in [-0.05, 0) is 37.6 Å². The van der Waals surface area contributed by atoms with Crippen LogP contribution in [0.4, 0.5) is 5.82 Å². The van der Waals surface area contributed by atoms with Gasteiger partial charge in [-0.15, -0.1) is 0 Å². The van der Waals surface area contributed by atoms with Crippen LogP contribution in [0.1, 0.15) is 37.8 Å². The first-order valence-corrected chi connectivity index (χ1v) is 6.59. The third-order valence-electron chi connectivity index (χ3n) is 3.63. The van der Waals surface area contributed by atoms with Crippen molar-refractivity contribution in [3.63, 3.8) is 0 Å². The predicted octanol–water partition coefficient (Wildman–Crippen LogP) is 2.69. The molecule has 0 saturated carbocycles. The number of aromatic nitrogens is 1. The zero-order valence-corrected chi connectivity index (χ0v) is 11.2. The lowest BCUT2D eigenvalue weighted by molar-refractivity contribution is 0.157. The Hall–Kier alpha value is -1.09. The quantitative estimate of drug-likeness (QED) is 0.800. The van der Waals surface area contributed by atoms with E-state index in [1.807, 2.05) is 25.2 Å². The molecule has 1 aromatic rings. The van der Waals surface area contributed by atoms with E-state index in [-0.39, 0.29) is 0 Å². The number of rotatable bonds is 3. The van der Waals surface area contributed by atoms with E-state index in [2.05, 4.69) is 28.9 Å². The fourth-order valence-corrected chi connectivity index (χ4v) is 2.61. The van der Waals surface area contributed by atoms with Crippen LogP contribution in [-0.4, -0.2) is 37.1 Å². The zero-order valence-electron chi connectivity index (χ0n) is 11.2. The summed E-state index contributed by atoms with van der Waals surface area (Å²) in [7, 11) is 4.06. The van der Waals surface area contributed by atoms with Crippen LogP contribution in [0, 0.1) is 0 Å². The Balaban J connectivity index is 2.15. The van der Waals surface area contributed by atoms with Crippen LogP contribution in [0.15, 0.2) is 18.3 Å². The molecule has 1 aromatic heterocycles. The van der Waals surface area contributed by atoms with Crippen molar-refractivity contribution in [3.05, 3.63) is 23.9 Å². The molecule has 3 nitrogen and oxygen atoms in total. The summed E-state index contributed by atoms with van der Waals surface area (Å²) < 4.78 is 0. The van der Waals surface area contributed by atoms with E-state index in [0.29, 0.717) is 6.04 Å². The Labute approximate surface area is 104 Å². The van der Waals surface area contributed by atoms with E-state index in [4.69, 9.17) is 0 Å². The highest BCUT2D eigenvalue weighted by Gasteiger charge is 2.22. The van der Waals surface area contributed by atoms with Crippen LogP contribution >= 0.6 is 0 Å². The summed E-state index contributed by atoms with van der Waals surface area (Å²) in [5.74, 6) is 1.03. The lowest BCUT2D eigenvalue weighted by atomic mass is 9.96. The second kappa shape index (κ2) is 5.50. The van der Waals surface area contributed by atoms with Gasteiger partial charge in [0, 0.05) is 26.3 Å². The van der Waals surface area contributed by atoms with E-state index in [1.54, 1.807) is 0 Å². The molecule has 94 valence electrons. The third kappa shape index (κ3) is 2.78. The molecule has 0 aromatic carbocycles. The Morgan fingerprint density at radius 2 is 2.18 bits per heavy atom. The van der Waals surface area contributed by atoms with Crippen molar-refractivity contribution in [2.75, 3.05) is 32.1 Å². The van der Waals surface area contributed by atoms with E-state index in [1.165, 1.54) is 31.4 Å². The maximum absolute atomic E-state index is 4.52. The first-order valence-electron chi connectivity index (χ1n) is 6.59. The van der Waals surface area contributed by atoms with Gasteiger partial charge in [0.2, 0.25) is 0 Å². The van der Waals surface area contributed by atoms with Gasteiger partial charge in [0.05, 0.1) is 0 Å². The monoisotopic (exact) mass is 233 g/mol. The molecule has 0 N–H and O–H groups in total. The van der Waals surface area contributed by atoms with Gasteiger partial charge in [-0.1, -0.05) is 19.4 Å². The summed E-state index contributed by atoms with van der Waals surface area (Å²) >= 11 is 0. The molecule has 1 fully saturated rings. The summed E-state index contributed by atoms with van der Waals surface area (Å²) in [5, 5.41) is 0. The second-order valence-electron chi connectivity index (χ2n) is 4.98. The number of hydrogen-bond donors (Lipinski definition) is 0. The average Bonchev–Trinajstić information content (AvgIpc) is 2.39. The summed E-state index contributed by atoms with van der Waals surface area (Å²) in [6.07, 6.45) is 6.01. The van der Waals surface area contributed by atoms with Crippen LogP contribution in [0.3, 0.4) is 0 Å². The first kappa shape index (κ1) is 12.4. The number of hydrogen-bond acceptors (Lipinski definition) is 3. The van der Waals surface area contributed by atoms with Crippen LogP contribution in [-0.2, 0) is 0 Å². The molecule has 0 amide bonds. The molecule has 0 unspecified atom stereocenters. The van der Waals surface area contributed by atoms with E-state index < -0.39 is 0 Å². The highest BCUT2D eigenvalue weighted by Crippen LogP contribution is 2.30. The maximum Gasteiger partial charge on any atom is 0.127 e. The van der Waals surface area contributed by atoms with Gasteiger partial charge in [-0.3, -0.25) is 4.90 Å². The smallest absolute Gasteiger partial charge is 0.127 e. The van der Waals surface area contributed by atoms with Crippen LogP contribution in [0.2, 0.25) is 0 Å². The molecule has 1 aliphatic heterocycles. The van der Waals surface area contributed by atoms with Gasteiger partial charge in [-0.2, -0.15) is 0 Å². The van der Waals surface area contributed by atoms with E-state index in [9.17, 15) is 0 Å². The van der Waals surface area contributed by atoms with Crippen molar-refractivity contribution in [2.24, 2.45) is 0 Å². The molecule has 1 saturated heterocycles. The number of anilines is 1. The van der Waals surface area contributed by atoms with Crippen LogP contribution in [0.25, 0.3) is 0 Å². The third-order valence-corrected chi connectivity index (χ3v) is 3.63. The maximum atomic E-state index is 4.52. The van der Waals surface area contributed by atoms with Gasteiger partial charge in [0.25, 0.3) is 0 Å². The highest BCUT2D eigenvalue weighted by atomic mass is 15.2. The molecule has 17 heavy (non-hydrogen) atoms. The molecule has 1 atom stereocenters. The van der Waals surface area contributed by atoms with E-state index in [0.717, 1.165) is 12.4 Å². The zero-order chi connectivity index (χ0) is 12.3. The molecule has 2 heterocycles. The summed E-state index contributed by atoms with van der Waals surface area (Å²) in [6.45, 7) is 4.62. The normalized spacial score (nSPS) is 21.5. The Morgan fingerprint density at radius 1 is 1.35 bits per heavy atom. The highest BCUT2D eigenvalue weighted by molar-refractivity contribution is 5.37. The molecule has 0 aliphatic carbocycles. The minimum absolute atomic E-state index is 0.581. The standard InChI is InChI=1S/C14H23N3/c1-4-17-10-6-5-7-13(17)12-8-9-14(15-11-12)16(2)3/h8-9,11,13H,4-7,10H2,1-3H3/t13-/m0/s1. The lowest BCUT2D eigenvalue weighted by Crippen LogP contribution is -2.33. The minimum Gasteiger partial charge on any atom is -0.363 e. The summed E-state index contributed by atoms with van der Waals surface area (Å²) in [4.78, 5) is 9.13. The van der Waals surface area contributed by atoms with Gasteiger partial charge >= 0.3 is 0 Å². The molecule has 0 spiro atoms. The number of nitrogens with zero attached hydrogens (tertiary/aromatic N) is 3. The Kier molecular flexibility index (Phi) is 4.00. The van der Waals surface area contributed by atoms with Gasteiger partial charge in [-0.25, -0.2) is 4.98 Å². The lowest BCUT2D eigenvalue weighted by Gasteiger charge is -2.35. The number of piperidine rings is 1. The summed E-state index contributed by atoms with van der Waals surface area (Å²) in [6, 6.07) is 4.94. The predicted molar refractivity (Wildman–Crippen MR) is 72.4 cm³/mol. The van der Waals surface area contributed by atoms with Crippen LogP contribution < -0.4 is 4.90 Å². The first-order chi connectivity index (χ1) is 8.22. The van der Waals surface area contributed by atoms with Gasteiger partial charge < -0.3 is 4.90 Å². The fraction of sp³-hybridized carbons (Fsp3) is 0.643. The Bertz CT molecular complexity index is 345. The van der Waals surface area contributed by atoms with Crippen LogP contribution in [0.5, 0.6) is 0 Å². The Morgan fingerprint density at radius 3 is 2.76 bits per heavy atom. The molecule has 3 heteroatoms. The van der Waals surface area contributed by atoms with E-state index >= 15 is 0 Å². The fourth-order valence-electron chi connectivity index (χ4n) is 2.61. The molecule has 1 aliphatic rings. The van der Waals surface area contributed by atoms with Gasteiger partial charge in [0.1, 0.15) is 5.82 Å². The van der Waals surface area contributed by atoms with Crippen molar-refractivity contribution in [2.45, 2.75) is 32.2 Å². The summed E-state index contributed by atoms with van der Waals surface area (Å²) in [5.41, 5.74) is 1.37. The molecule has 0 radical (unpaired) electrons. The molecule has 0 bridgehead atoms. The average molecular weight is 233 g/mol. The topological polar surface area (TPSA) is 19.4 Å².